The summed E-state index contributed by atoms with van der Waals surface area (Å²) in [5.74, 6) is -0.0612. The number of hydrogen-bond acceptors (Lipinski definition) is 2. The predicted molar refractivity (Wildman–Crippen MR) is 63.5 cm³/mol. The Morgan fingerprint density at radius 2 is 2.22 bits per heavy atom. The van der Waals surface area contributed by atoms with Crippen molar-refractivity contribution in [2.75, 3.05) is 32.1 Å². The number of carbonyl (C=O) groups excluding carboxylic acids is 1. The summed E-state index contributed by atoms with van der Waals surface area (Å²) in [6.45, 7) is 2.09. The molecule has 18 heavy (non-hydrogen) atoms. The Bertz CT molecular complexity index is 286. The Hall–Kier alpha value is -0.490. The molecule has 1 N–H and O–H groups in total. The van der Waals surface area contributed by atoms with Gasteiger partial charge in [0, 0.05) is 24.9 Å². The van der Waals surface area contributed by atoms with Crippen molar-refractivity contribution >= 4 is 17.5 Å². The van der Waals surface area contributed by atoms with E-state index in [9.17, 15) is 18.0 Å². The van der Waals surface area contributed by atoms with Gasteiger partial charge in [0.05, 0.1) is 6.54 Å². The first-order chi connectivity index (χ1) is 8.31. The fraction of sp³-hybridized carbons (Fsp3) is 0.909. The van der Waals surface area contributed by atoms with E-state index in [0.29, 0.717) is 26.1 Å². The maximum absolute atomic E-state index is 12.2. The number of amides is 1. The molecule has 2 unspecified atom stereocenters. The highest BCUT2D eigenvalue weighted by molar-refractivity contribution is 6.19. The molecule has 2 atom stereocenters. The molecule has 1 fully saturated rings. The van der Waals surface area contributed by atoms with Crippen LogP contribution in [0.4, 0.5) is 13.2 Å². The molecule has 1 aliphatic rings. The molecule has 0 radical (unpaired) electrons. The lowest BCUT2D eigenvalue weighted by molar-refractivity contribution is -0.143. The summed E-state index contributed by atoms with van der Waals surface area (Å²) in [4.78, 5) is 12.8. The average Bonchev–Trinajstić information content (AvgIpc) is 2.69. The summed E-state index contributed by atoms with van der Waals surface area (Å²) in [6, 6.07) is 0. The van der Waals surface area contributed by atoms with Crippen molar-refractivity contribution in [3.63, 3.8) is 0 Å². The molecular formula is C11H18ClF3N2O. The van der Waals surface area contributed by atoms with Gasteiger partial charge < -0.3 is 5.32 Å². The average molecular weight is 287 g/mol. The van der Waals surface area contributed by atoms with Crippen LogP contribution in [0.2, 0.25) is 0 Å². The van der Waals surface area contributed by atoms with Gasteiger partial charge in [-0.2, -0.15) is 13.2 Å². The van der Waals surface area contributed by atoms with Crippen molar-refractivity contribution in [1.29, 1.82) is 0 Å². The van der Waals surface area contributed by atoms with E-state index in [1.54, 1.807) is 6.92 Å². The molecule has 3 nitrogen and oxygen atoms in total. The second-order valence-electron chi connectivity index (χ2n) is 4.81. The van der Waals surface area contributed by atoms with Gasteiger partial charge in [-0.3, -0.25) is 9.69 Å². The summed E-state index contributed by atoms with van der Waals surface area (Å²) < 4.78 is 36.5. The Morgan fingerprint density at radius 1 is 1.56 bits per heavy atom. The van der Waals surface area contributed by atoms with Crippen molar-refractivity contribution in [3.8, 4) is 0 Å². The summed E-state index contributed by atoms with van der Waals surface area (Å²) >= 11 is 5.54. The van der Waals surface area contributed by atoms with Crippen LogP contribution in [0.3, 0.4) is 0 Å². The second kappa shape index (κ2) is 6.61. The van der Waals surface area contributed by atoms with Gasteiger partial charge in [0.15, 0.2) is 0 Å². The Balaban J connectivity index is 2.25. The van der Waals surface area contributed by atoms with E-state index in [4.69, 9.17) is 11.6 Å². The summed E-state index contributed by atoms with van der Waals surface area (Å²) in [7, 11) is 0. The first kappa shape index (κ1) is 15.6. The van der Waals surface area contributed by atoms with Crippen molar-refractivity contribution in [2.45, 2.75) is 19.5 Å². The topological polar surface area (TPSA) is 32.3 Å². The number of carbonyl (C=O) groups is 1. The van der Waals surface area contributed by atoms with Gasteiger partial charge in [0.2, 0.25) is 5.91 Å². The fourth-order valence-electron chi connectivity index (χ4n) is 1.97. The molecule has 1 amide bonds. The van der Waals surface area contributed by atoms with E-state index < -0.39 is 12.7 Å². The number of nitrogens with one attached hydrogen (secondary N) is 1. The van der Waals surface area contributed by atoms with Crippen LogP contribution in [0.5, 0.6) is 0 Å². The van der Waals surface area contributed by atoms with Gasteiger partial charge in [-0.05, 0) is 18.9 Å². The second-order valence-corrected chi connectivity index (χ2v) is 5.11. The number of nitrogens with zero attached hydrogens (tertiary/aromatic N) is 1. The first-order valence-electron chi connectivity index (χ1n) is 5.94. The standard InChI is InChI=1S/C11H18ClF3N2O/c1-8(4-12)10(18)16-5-9-2-3-17(6-9)7-11(13,14)15/h8-9H,2-7H2,1H3,(H,16,18). The molecule has 0 spiro atoms. The van der Waals surface area contributed by atoms with E-state index in [2.05, 4.69) is 5.32 Å². The minimum atomic E-state index is -4.15. The van der Waals surface area contributed by atoms with Gasteiger partial charge in [0.1, 0.15) is 0 Å². The van der Waals surface area contributed by atoms with Crippen molar-refractivity contribution in [1.82, 2.24) is 10.2 Å². The van der Waals surface area contributed by atoms with Crippen LogP contribution in [0.1, 0.15) is 13.3 Å². The summed E-state index contributed by atoms with van der Waals surface area (Å²) in [6.07, 6.45) is -3.46. The number of hydrogen-bond donors (Lipinski definition) is 1. The predicted octanol–water partition coefficient (Wildman–Crippen LogP) is 1.86. The maximum atomic E-state index is 12.2. The van der Waals surface area contributed by atoms with Crippen molar-refractivity contribution in [2.24, 2.45) is 11.8 Å². The van der Waals surface area contributed by atoms with Gasteiger partial charge in [-0.15, -0.1) is 11.6 Å². The third kappa shape index (κ3) is 5.44. The first-order valence-corrected chi connectivity index (χ1v) is 6.48. The van der Waals surface area contributed by atoms with Crippen LogP contribution in [0, 0.1) is 11.8 Å². The lowest BCUT2D eigenvalue weighted by Crippen LogP contribution is -2.36. The lowest BCUT2D eigenvalue weighted by atomic mass is 10.1. The molecule has 1 saturated heterocycles. The fourth-order valence-corrected chi connectivity index (χ4v) is 2.11. The zero-order chi connectivity index (χ0) is 13.8. The molecule has 0 aliphatic carbocycles. The molecule has 1 heterocycles. The van der Waals surface area contributed by atoms with Crippen LogP contribution in [-0.4, -0.2) is 49.0 Å². The number of rotatable bonds is 5. The normalized spacial score (nSPS) is 23.1. The molecule has 0 aromatic rings. The lowest BCUT2D eigenvalue weighted by Gasteiger charge is -2.18. The van der Waals surface area contributed by atoms with Gasteiger partial charge in [-0.25, -0.2) is 0 Å². The van der Waals surface area contributed by atoms with Gasteiger partial charge >= 0.3 is 6.18 Å². The summed E-state index contributed by atoms with van der Waals surface area (Å²) in [5.41, 5.74) is 0. The van der Waals surface area contributed by atoms with Crippen LogP contribution >= 0.6 is 11.6 Å². The van der Waals surface area contributed by atoms with Gasteiger partial charge in [-0.1, -0.05) is 6.92 Å². The van der Waals surface area contributed by atoms with Gasteiger partial charge in [0.25, 0.3) is 0 Å². The number of halogens is 4. The highest BCUT2D eigenvalue weighted by Crippen LogP contribution is 2.22. The maximum Gasteiger partial charge on any atom is 0.401 e. The third-order valence-electron chi connectivity index (χ3n) is 3.02. The summed E-state index contributed by atoms with van der Waals surface area (Å²) in [5, 5.41) is 2.73. The SMILES string of the molecule is CC(CCl)C(=O)NCC1CCN(CC(F)(F)F)C1. The van der Waals surface area contributed by atoms with Crippen LogP contribution in [0.15, 0.2) is 0 Å². The zero-order valence-electron chi connectivity index (χ0n) is 10.3. The van der Waals surface area contributed by atoms with Crippen molar-refractivity contribution in [3.05, 3.63) is 0 Å². The van der Waals surface area contributed by atoms with E-state index in [1.165, 1.54) is 4.90 Å². The van der Waals surface area contributed by atoms with Crippen molar-refractivity contribution < 1.29 is 18.0 Å². The molecule has 1 rings (SSSR count). The Labute approximate surface area is 110 Å². The monoisotopic (exact) mass is 286 g/mol. The molecule has 1 aliphatic heterocycles. The highest BCUT2D eigenvalue weighted by Gasteiger charge is 2.34. The van der Waals surface area contributed by atoms with Crippen LogP contribution < -0.4 is 5.32 Å². The highest BCUT2D eigenvalue weighted by atomic mass is 35.5. The molecule has 106 valence electrons. The van der Waals surface area contributed by atoms with E-state index in [0.717, 1.165) is 0 Å². The minimum Gasteiger partial charge on any atom is -0.356 e. The number of likely N-dealkylation sites (tertiary alicyclic amines) is 1. The van der Waals surface area contributed by atoms with E-state index >= 15 is 0 Å². The molecule has 0 aromatic heterocycles. The Kier molecular flexibility index (Phi) is 5.72. The van der Waals surface area contributed by atoms with E-state index in [1.807, 2.05) is 0 Å². The minimum absolute atomic E-state index is 0.0961. The van der Waals surface area contributed by atoms with E-state index in [-0.39, 0.29) is 23.6 Å². The molecule has 0 saturated carbocycles. The molecule has 0 aromatic carbocycles. The Morgan fingerprint density at radius 3 is 2.78 bits per heavy atom. The smallest absolute Gasteiger partial charge is 0.356 e. The third-order valence-corrected chi connectivity index (χ3v) is 3.48. The quantitative estimate of drug-likeness (QED) is 0.783. The molecule has 7 heteroatoms. The zero-order valence-corrected chi connectivity index (χ0v) is 11.0. The largest absolute Gasteiger partial charge is 0.401 e. The van der Waals surface area contributed by atoms with Crippen LogP contribution in [-0.2, 0) is 4.79 Å². The molecule has 0 bridgehead atoms. The number of alkyl halides is 4. The van der Waals surface area contributed by atoms with Crippen LogP contribution in [0.25, 0.3) is 0 Å². The molecular weight excluding hydrogens is 269 g/mol.